The largest absolute Gasteiger partial charge is 0.243 e. The molecule has 0 aliphatic carbocycles. The second kappa shape index (κ2) is 5.03. The fourth-order valence-electron chi connectivity index (χ4n) is 3.22. The number of nitrogens with zero attached hydrogens (tertiary/aromatic N) is 1. The number of hydrogen-bond donors (Lipinski definition) is 0. The molecule has 0 aromatic heterocycles. The van der Waals surface area contributed by atoms with Gasteiger partial charge in [-0.1, -0.05) is 15.9 Å². The molecular weight excluding hydrogens is 352 g/mol. The van der Waals surface area contributed by atoms with Crippen LogP contribution in [0, 0.1) is 11.6 Å². The molecule has 110 valence electrons. The van der Waals surface area contributed by atoms with E-state index in [0.717, 1.165) is 43.9 Å². The number of halogens is 3. The Balaban J connectivity index is 1.98. The van der Waals surface area contributed by atoms with Crippen molar-refractivity contribution in [1.29, 1.82) is 0 Å². The molecule has 2 fully saturated rings. The zero-order chi connectivity index (χ0) is 14.5. The summed E-state index contributed by atoms with van der Waals surface area (Å²) >= 11 is 3.55. The molecule has 2 unspecified atom stereocenters. The fourth-order valence-corrected chi connectivity index (χ4v) is 5.99. The quantitative estimate of drug-likeness (QED) is 0.755. The van der Waals surface area contributed by atoms with Crippen molar-refractivity contribution in [2.24, 2.45) is 0 Å². The first-order valence-electron chi connectivity index (χ1n) is 6.52. The molecule has 2 saturated heterocycles. The van der Waals surface area contributed by atoms with Crippen LogP contribution in [0.5, 0.6) is 0 Å². The van der Waals surface area contributed by atoms with Gasteiger partial charge in [-0.25, -0.2) is 17.2 Å². The second-order valence-electron chi connectivity index (χ2n) is 5.36. The zero-order valence-corrected chi connectivity index (χ0v) is 13.0. The fraction of sp³-hybridized carbons (Fsp3) is 0.538. The maximum atomic E-state index is 13.3. The topological polar surface area (TPSA) is 37.4 Å². The van der Waals surface area contributed by atoms with Crippen LogP contribution in [0.25, 0.3) is 0 Å². The van der Waals surface area contributed by atoms with Crippen molar-refractivity contribution in [2.75, 3.05) is 0 Å². The van der Waals surface area contributed by atoms with Crippen molar-refractivity contribution < 1.29 is 17.2 Å². The Bertz CT molecular complexity index is 623. The summed E-state index contributed by atoms with van der Waals surface area (Å²) in [6.07, 6.45) is 3.18. The summed E-state index contributed by atoms with van der Waals surface area (Å²) in [4.78, 5) is 0.165. The van der Waals surface area contributed by atoms with Gasteiger partial charge >= 0.3 is 0 Å². The average Bonchev–Trinajstić information content (AvgIpc) is 2.66. The van der Waals surface area contributed by atoms with Crippen molar-refractivity contribution in [3.8, 4) is 0 Å². The number of hydrogen-bond acceptors (Lipinski definition) is 2. The molecule has 3 rings (SSSR count). The molecule has 3 nitrogen and oxygen atoms in total. The standard InChI is InChI=1S/C13H14BrF2NO2S/c14-8-5-9-1-2-10(6-8)17(9)20(18,19)11-3-4-12(15)13(16)7-11/h3-4,7-10H,1-2,5-6H2. The van der Waals surface area contributed by atoms with Crippen LogP contribution in [0.2, 0.25) is 0 Å². The summed E-state index contributed by atoms with van der Waals surface area (Å²) < 4.78 is 53.0. The molecule has 2 bridgehead atoms. The van der Waals surface area contributed by atoms with E-state index in [2.05, 4.69) is 15.9 Å². The highest BCUT2D eigenvalue weighted by molar-refractivity contribution is 9.09. The van der Waals surface area contributed by atoms with Gasteiger partial charge in [0.2, 0.25) is 10.0 Å². The highest BCUT2D eigenvalue weighted by atomic mass is 79.9. The summed E-state index contributed by atoms with van der Waals surface area (Å²) in [7, 11) is -3.75. The van der Waals surface area contributed by atoms with Crippen molar-refractivity contribution in [3.63, 3.8) is 0 Å². The second-order valence-corrected chi connectivity index (χ2v) is 8.50. The Morgan fingerprint density at radius 2 is 1.70 bits per heavy atom. The van der Waals surface area contributed by atoms with Gasteiger partial charge in [0.1, 0.15) is 0 Å². The van der Waals surface area contributed by atoms with E-state index in [9.17, 15) is 17.2 Å². The first kappa shape index (κ1) is 14.4. The van der Waals surface area contributed by atoms with E-state index in [1.807, 2.05) is 0 Å². The third-order valence-electron chi connectivity index (χ3n) is 4.08. The molecule has 2 aliphatic rings. The van der Waals surface area contributed by atoms with Crippen LogP contribution in [0.3, 0.4) is 0 Å². The van der Waals surface area contributed by atoms with Crippen LogP contribution < -0.4 is 0 Å². The predicted octanol–water partition coefficient (Wildman–Crippen LogP) is 3.04. The first-order chi connectivity index (χ1) is 9.39. The number of sulfonamides is 1. The van der Waals surface area contributed by atoms with Gasteiger partial charge in [-0.05, 0) is 43.9 Å². The van der Waals surface area contributed by atoms with E-state index in [1.54, 1.807) is 0 Å². The molecule has 20 heavy (non-hydrogen) atoms. The molecule has 0 spiro atoms. The van der Waals surface area contributed by atoms with Crippen LogP contribution in [-0.4, -0.2) is 29.6 Å². The molecule has 7 heteroatoms. The monoisotopic (exact) mass is 365 g/mol. The Hall–Kier alpha value is -0.530. The molecule has 2 atom stereocenters. The van der Waals surface area contributed by atoms with Crippen LogP contribution >= 0.6 is 15.9 Å². The van der Waals surface area contributed by atoms with E-state index in [4.69, 9.17) is 0 Å². The Morgan fingerprint density at radius 1 is 1.10 bits per heavy atom. The third-order valence-corrected chi connectivity index (χ3v) is 6.82. The molecule has 2 aliphatic heterocycles. The summed E-state index contributed by atoms with van der Waals surface area (Å²) in [5.41, 5.74) is 0. The van der Waals surface area contributed by atoms with E-state index in [0.29, 0.717) is 4.83 Å². The Morgan fingerprint density at radius 3 is 2.25 bits per heavy atom. The first-order valence-corrected chi connectivity index (χ1v) is 8.88. The van der Waals surface area contributed by atoms with Crippen LogP contribution in [0.15, 0.2) is 23.1 Å². The lowest BCUT2D eigenvalue weighted by molar-refractivity contribution is 0.255. The van der Waals surface area contributed by atoms with E-state index in [-0.39, 0.29) is 17.0 Å². The minimum atomic E-state index is -3.75. The van der Waals surface area contributed by atoms with Gasteiger partial charge in [0.05, 0.1) is 4.90 Å². The minimum Gasteiger partial charge on any atom is -0.207 e. The van der Waals surface area contributed by atoms with Crippen molar-refractivity contribution in [2.45, 2.75) is 47.5 Å². The van der Waals surface area contributed by atoms with E-state index in [1.165, 1.54) is 4.31 Å². The molecular formula is C13H14BrF2NO2S. The lowest BCUT2D eigenvalue weighted by atomic mass is 10.1. The molecule has 1 aromatic rings. The van der Waals surface area contributed by atoms with Gasteiger partial charge in [0.25, 0.3) is 0 Å². The Labute approximate surface area is 125 Å². The van der Waals surface area contributed by atoms with E-state index >= 15 is 0 Å². The number of piperidine rings is 1. The summed E-state index contributed by atoms with van der Waals surface area (Å²) in [5.74, 6) is -2.17. The van der Waals surface area contributed by atoms with E-state index < -0.39 is 21.7 Å². The molecule has 0 amide bonds. The lowest BCUT2D eigenvalue weighted by Gasteiger charge is -2.36. The third kappa shape index (κ3) is 2.29. The van der Waals surface area contributed by atoms with Gasteiger partial charge in [0, 0.05) is 16.9 Å². The molecule has 2 heterocycles. The number of alkyl halides is 1. The van der Waals surface area contributed by atoms with Crippen LogP contribution in [-0.2, 0) is 10.0 Å². The molecule has 0 radical (unpaired) electrons. The number of fused-ring (bicyclic) bond motifs is 2. The maximum absolute atomic E-state index is 13.3. The van der Waals surface area contributed by atoms with Crippen molar-refractivity contribution in [3.05, 3.63) is 29.8 Å². The van der Waals surface area contributed by atoms with Crippen molar-refractivity contribution >= 4 is 26.0 Å². The summed E-state index contributed by atoms with van der Waals surface area (Å²) in [6, 6.07) is 2.67. The van der Waals surface area contributed by atoms with Crippen LogP contribution in [0.1, 0.15) is 25.7 Å². The average molecular weight is 366 g/mol. The highest BCUT2D eigenvalue weighted by Crippen LogP contribution is 2.41. The SMILES string of the molecule is O=S(=O)(c1ccc(F)c(F)c1)N1C2CCC1CC(Br)C2. The smallest absolute Gasteiger partial charge is 0.207 e. The van der Waals surface area contributed by atoms with Gasteiger partial charge < -0.3 is 0 Å². The maximum Gasteiger partial charge on any atom is 0.243 e. The van der Waals surface area contributed by atoms with Gasteiger partial charge in [-0.3, -0.25) is 0 Å². The molecule has 0 saturated carbocycles. The van der Waals surface area contributed by atoms with Gasteiger partial charge in [-0.2, -0.15) is 4.31 Å². The summed E-state index contributed by atoms with van der Waals surface area (Å²) in [6.45, 7) is 0. The predicted molar refractivity (Wildman–Crippen MR) is 74.1 cm³/mol. The van der Waals surface area contributed by atoms with Crippen molar-refractivity contribution in [1.82, 2.24) is 4.31 Å². The van der Waals surface area contributed by atoms with Gasteiger partial charge in [0.15, 0.2) is 11.6 Å². The number of benzene rings is 1. The normalized spacial score (nSPS) is 30.6. The molecule has 0 N–H and O–H groups in total. The lowest BCUT2D eigenvalue weighted by Crippen LogP contribution is -2.46. The summed E-state index contributed by atoms with van der Waals surface area (Å²) in [5, 5.41) is 0. The van der Waals surface area contributed by atoms with Gasteiger partial charge in [-0.15, -0.1) is 0 Å². The molecule has 1 aromatic carbocycles. The Kier molecular flexibility index (Phi) is 3.63. The van der Waals surface area contributed by atoms with Crippen LogP contribution in [0.4, 0.5) is 8.78 Å². The highest BCUT2D eigenvalue weighted by Gasteiger charge is 2.46. The minimum absolute atomic E-state index is 0.0451. The number of rotatable bonds is 2. The zero-order valence-electron chi connectivity index (χ0n) is 10.6.